The molecule has 0 saturated heterocycles. The molecule has 0 spiro atoms. The summed E-state index contributed by atoms with van der Waals surface area (Å²) in [5.74, 6) is 1.94. The van der Waals surface area contributed by atoms with Crippen LogP contribution < -0.4 is 30.4 Å². The van der Waals surface area contributed by atoms with Crippen molar-refractivity contribution in [2.24, 2.45) is 0 Å². The van der Waals surface area contributed by atoms with E-state index in [0.717, 1.165) is 32.3 Å². The largest absolute Gasteiger partial charge is 0.789 e. The molecule has 43 heavy (non-hydrogen) atoms. The van der Waals surface area contributed by atoms with Crippen LogP contribution in [0.15, 0.2) is 23.4 Å². The zero-order valence-electron chi connectivity index (χ0n) is 24.0. The maximum absolute atomic E-state index is 13.1. The Morgan fingerprint density at radius 1 is 0.791 bits per heavy atom. The highest BCUT2D eigenvalue weighted by Gasteiger charge is 2.30. The minimum Gasteiger partial charge on any atom is -0.789 e. The van der Waals surface area contributed by atoms with Crippen LogP contribution in [0.4, 0.5) is 11.6 Å². The number of rotatable bonds is 14. The second-order valence-corrected chi connectivity index (χ2v) is 14.4. The second kappa shape index (κ2) is 13.9. The molecule has 0 aliphatic heterocycles. The lowest BCUT2D eigenvalue weighted by Crippen LogP contribution is -2.35. The number of phosphoric acid groups is 2. The highest BCUT2D eigenvalue weighted by molar-refractivity contribution is 7.60. The van der Waals surface area contributed by atoms with Crippen LogP contribution in [0.5, 0.6) is 0 Å². The lowest BCUT2D eigenvalue weighted by atomic mass is 10.2. The highest BCUT2D eigenvalue weighted by atomic mass is 32.1. The summed E-state index contributed by atoms with van der Waals surface area (Å²) in [5, 5.41) is 0. The summed E-state index contributed by atoms with van der Waals surface area (Å²) in [6.45, 7) is 7.76. The van der Waals surface area contributed by atoms with E-state index in [1.54, 1.807) is 26.2 Å². The van der Waals surface area contributed by atoms with E-state index >= 15 is 0 Å². The van der Waals surface area contributed by atoms with E-state index in [2.05, 4.69) is 24.2 Å². The Morgan fingerprint density at radius 3 is 1.58 bits per heavy atom. The summed E-state index contributed by atoms with van der Waals surface area (Å²) in [6, 6.07) is 0. The predicted molar refractivity (Wildman–Crippen MR) is 155 cm³/mol. The molecule has 0 saturated carbocycles. The van der Waals surface area contributed by atoms with Crippen LogP contribution in [0, 0.1) is 27.7 Å². The number of nitrogens with zero attached hydrogens (tertiary/aromatic N) is 6. The van der Waals surface area contributed by atoms with Crippen LogP contribution in [0.3, 0.4) is 0 Å². The van der Waals surface area contributed by atoms with Gasteiger partial charge in [-0.1, -0.05) is 22.7 Å². The van der Waals surface area contributed by atoms with Gasteiger partial charge in [0.1, 0.15) is 23.3 Å². The Bertz CT molecular complexity index is 1590. The summed E-state index contributed by atoms with van der Waals surface area (Å²) < 4.78 is 43.2. The maximum Gasteiger partial charge on any atom is 0.478 e. The summed E-state index contributed by atoms with van der Waals surface area (Å²) in [7, 11) is -10.4. The average molecular weight is 671 g/mol. The van der Waals surface area contributed by atoms with Gasteiger partial charge in [0.05, 0.1) is 41.9 Å². The van der Waals surface area contributed by atoms with Crippen LogP contribution in [0.1, 0.15) is 43.9 Å². The van der Waals surface area contributed by atoms with Crippen LogP contribution >= 0.6 is 38.3 Å². The Kier molecular flexibility index (Phi) is 10.7. The monoisotopic (exact) mass is 670 g/mol. The van der Waals surface area contributed by atoms with E-state index in [9.17, 15) is 18.9 Å². The van der Waals surface area contributed by atoms with E-state index in [4.69, 9.17) is 20.5 Å². The third-order valence-corrected chi connectivity index (χ3v) is 11.3. The maximum atomic E-state index is 13.1. The molecule has 0 aliphatic rings. The van der Waals surface area contributed by atoms with E-state index in [-0.39, 0.29) is 26.1 Å². The van der Waals surface area contributed by atoms with Crippen molar-refractivity contribution in [3.63, 3.8) is 0 Å². The fraction of sp³-hybridized carbons (Fsp3) is 0.417. The molecule has 0 radical (unpaired) electrons. The van der Waals surface area contributed by atoms with Crippen molar-refractivity contribution < 1.29 is 41.4 Å². The third-order valence-electron chi connectivity index (χ3n) is 6.39. The number of phosphoric ester groups is 1. The number of nitrogen functional groups attached to an aromatic ring is 2. The van der Waals surface area contributed by atoms with E-state index in [1.165, 1.54) is 22.7 Å². The molecule has 0 aromatic carbocycles. The first-order valence-electron chi connectivity index (χ1n) is 12.9. The molecule has 4 heterocycles. The van der Waals surface area contributed by atoms with Gasteiger partial charge in [0.25, 0.3) is 0 Å². The molecular weight excluding hydrogens is 638 g/mol. The minimum absolute atomic E-state index is 0.216. The van der Waals surface area contributed by atoms with Crippen molar-refractivity contribution in [2.75, 3.05) is 24.7 Å². The predicted octanol–water partition coefficient (Wildman–Crippen LogP) is 1.23. The second-order valence-electron chi connectivity index (χ2n) is 9.52. The van der Waals surface area contributed by atoms with Gasteiger partial charge in [-0.05, 0) is 13.8 Å². The molecule has 19 heteroatoms. The summed E-state index contributed by atoms with van der Waals surface area (Å²) in [5.41, 5.74) is 19.1. The normalized spacial score (nSPS) is 12.2. The fourth-order valence-electron chi connectivity index (χ4n) is 4.04. The van der Waals surface area contributed by atoms with Crippen LogP contribution in [0.2, 0.25) is 0 Å². The number of nitrogens with two attached hydrogens (primary N) is 2. The molecule has 15 nitrogen and oxygen atoms in total. The molecule has 4 aromatic heterocycles. The minimum atomic E-state index is -5.68. The van der Waals surface area contributed by atoms with Crippen molar-refractivity contribution in [1.29, 1.82) is 0 Å². The molecule has 4 rings (SSSR count). The molecule has 0 unspecified atom stereocenters. The summed E-state index contributed by atoms with van der Waals surface area (Å²) in [4.78, 5) is 41.2. The molecule has 0 aliphatic carbocycles. The third kappa shape index (κ3) is 9.14. The fourth-order valence-corrected chi connectivity index (χ4v) is 8.05. The average Bonchev–Trinajstić information content (AvgIpc) is 3.43. The first kappa shape index (κ1) is 33.2. The zero-order chi connectivity index (χ0) is 31.4. The molecule has 4 aromatic rings. The lowest BCUT2D eigenvalue weighted by molar-refractivity contribution is -0.689. The van der Waals surface area contributed by atoms with Gasteiger partial charge in [0.2, 0.25) is 11.0 Å². The van der Waals surface area contributed by atoms with Crippen molar-refractivity contribution in [2.45, 2.75) is 53.6 Å². The standard InChI is InChI=1S/C24H32N8O7P2S2/c1-15-21(42-13-31(15)11-19-9-27-17(3)29-23(19)25)5-7-37-41(36,39-40(33,34)35)38-8-6-22-16(2)32(14-43-22)12-20-10-28-18(4)30-24(20)26/h9-10,13-14H,5-8,11-12H2,1-4H3,(H4-2,25,26,27,28,29,30,33,34,35). The summed E-state index contributed by atoms with van der Waals surface area (Å²) >= 11 is 2.85. The highest BCUT2D eigenvalue weighted by Crippen LogP contribution is 2.58. The van der Waals surface area contributed by atoms with E-state index in [1.807, 2.05) is 34.0 Å². The molecule has 0 amide bonds. The number of anilines is 2. The number of hydrogen-bond acceptors (Lipinski definition) is 15. The first-order chi connectivity index (χ1) is 20.2. The van der Waals surface area contributed by atoms with Gasteiger partial charge < -0.3 is 25.8 Å². The molecule has 0 fully saturated rings. The van der Waals surface area contributed by atoms with Crippen LogP contribution in [-0.2, 0) is 48.4 Å². The van der Waals surface area contributed by atoms with Crippen molar-refractivity contribution in [3.05, 3.63) is 67.3 Å². The van der Waals surface area contributed by atoms with Crippen molar-refractivity contribution in [1.82, 2.24) is 19.9 Å². The van der Waals surface area contributed by atoms with E-state index < -0.39 is 15.6 Å². The number of hydrogen-bond donors (Lipinski definition) is 2. The molecule has 4 N–H and O–H groups in total. The van der Waals surface area contributed by atoms with Gasteiger partial charge in [-0.15, -0.1) is 0 Å². The number of aryl methyl sites for hydroxylation is 2. The molecular formula is C24H32N8O7P2S2. The number of thiazole rings is 2. The van der Waals surface area contributed by atoms with Crippen LogP contribution in [-0.4, -0.2) is 33.1 Å². The Balaban J connectivity index is 1.35. The molecule has 0 bridgehead atoms. The van der Waals surface area contributed by atoms with Gasteiger partial charge in [-0.2, -0.15) is 9.13 Å². The SMILES string of the molecule is Cc1ncc(C[n+]2csc(CCOP(=O)(OCCc3sc[n+](Cc4cnc(C)nc4N)c3C)OP(=O)([O-])[O-])c2C)c(N)n1. The quantitative estimate of drug-likeness (QED) is 0.143. The Hall–Kier alpha value is -2.72. The van der Waals surface area contributed by atoms with Crippen molar-refractivity contribution >= 4 is 50.0 Å². The van der Waals surface area contributed by atoms with E-state index in [0.29, 0.717) is 36.4 Å². The van der Waals surface area contributed by atoms with Gasteiger partial charge in [0.15, 0.2) is 24.5 Å². The molecule has 232 valence electrons. The zero-order valence-corrected chi connectivity index (χ0v) is 27.4. The van der Waals surface area contributed by atoms with Gasteiger partial charge in [-0.25, -0.2) is 24.5 Å². The summed E-state index contributed by atoms with van der Waals surface area (Å²) in [6.07, 6.45) is 3.87. The van der Waals surface area contributed by atoms with Crippen molar-refractivity contribution in [3.8, 4) is 0 Å². The molecule has 0 atom stereocenters. The smallest absolute Gasteiger partial charge is 0.478 e. The Morgan fingerprint density at radius 2 is 1.21 bits per heavy atom. The first-order valence-corrected chi connectivity index (χ1v) is 17.6. The van der Waals surface area contributed by atoms with Gasteiger partial charge in [-0.3, -0.25) is 13.4 Å². The van der Waals surface area contributed by atoms with Gasteiger partial charge >= 0.3 is 7.82 Å². The van der Waals surface area contributed by atoms with Gasteiger partial charge in [0, 0.05) is 39.1 Å². The van der Waals surface area contributed by atoms with Crippen LogP contribution in [0.25, 0.3) is 0 Å². The number of aromatic nitrogens is 6. The Labute approximate surface area is 256 Å². The topological polar surface area (TPSA) is 219 Å². The lowest BCUT2D eigenvalue weighted by Gasteiger charge is -2.31.